The summed E-state index contributed by atoms with van der Waals surface area (Å²) in [7, 11) is -4.22. The molecule has 0 heterocycles. The fraction of sp³-hybridized carbons (Fsp3) is 0.600. The maximum absolute atomic E-state index is 12.2. The van der Waals surface area contributed by atoms with Crippen molar-refractivity contribution in [1.82, 2.24) is 5.32 Å². The highest BCUT2D eigenvalue weighted by Gasteiger charge is 2.17. The van der Waals surface area contributed by atoms with Gasteiger partial charge in [0.1, 0.15) is 9.84 Å². The molecule has 2 unspecified atom stereocenters. The van der Waals surface area contributed by atoms with Crippen molar-refractivity contribution in [2.24, 2.45) is 0 Å². The number of benzene rings is 1. The first-order valence-electron chi connectivity index (χ1n) is 7.06. The summed E-state index contributed by atoms with van der Waals surface area (Å²) in [5, 5.41) is 3.35. The Morgan fingerprint density at radius 1 is 1.29 bits per heavy atom. The third-order valence-corrected chi connectivity index (χ3v) is 5.86. The third-order valence-electron chi connectivity index (χ3n) is 3.30. The first-order chi connectivity index (χ1) is 9.73. The van der Waals surface area contributed by atoms with E-state index in [9.17, 15) is 12.6 Å². The van der Waals surface area contributed by atoms with Gasteiger partial charge in [-0.25, -0.2) is 8.42 Å². The molecular weight excluding hydrogens is 306 g/mol. The molecular formula is C15H25NO3S2. The summed E-state index contributed by atoms with van der Waals surface area (Å²) in [6, 6.07) is 6.23. The van der Waals surface area contributed by atoms with E-state index in [-0.39, 0.29) is 17.5 Å². The molecule has 0 aromatic heterocycles. The SMILES string of the molecule is CCNC(CS(=O)CCS(C)(=O)=O)c1cc(C)ccc1C. The van der Waals surface area contributed by atoms with Crippen LogP contribution >= 0.6 is 0 Å². The van der Waals surface area contributed by atoms with Gasteiger partial charge in [-0.1, -0.05) is 30.7 Å². The number of rotatable bonds is 8. The molecule has 0 amide bonds. The normalized spacial score (nSPS) is 14.9. The van der Waals surface area contributed by atoms with Crippen LogP contribution in [0.2, 0.25) is 0 Å². The molecule has 120 valence electrons. The molecule has 0 spiro atoms. The van der Waals surface area contributed by atoms with Gasteiger partial charge < -0.3 is 5.32 Å². The first kappa shape index (κ1) is 18.3. The average Bonchev–Trinajstić information content (AvgIpc) is 2.38. The topological polar surface area (TPSA) is 63.2 Å². The Kier molecular flexibility index (Phi) is 7.03. The lowest BCUT2D eigenvalue weighted by Gasteiger charge is -2.20. The maximum Gasteiger partial charge on any atom is 0.148 e. The third kappa shape index (κ3) is 6.72. The highest BCUT2D eigenvalue weighted by atomic mass is 32.2. The van der Waals surface area contributed by atoms with E-state index in [1.807, 2.05) is 20.8 Å². The van der Waals surface area contributed by atoms with Gasteiger partial charge in [0.15, 0.2) is 0 Å². The molecule has 1 aromatic carbocycles. The molecule has 0 aliphatic heterocycles. The Hall–Kier alpha value is -0.720. The zero-order valence-electron chi connectivity index (χ0n) is 13.2. The van der Waals surface area contributed by atoms with Crippen molar-refractivity contribution in [3.63, 3.8) is 0 Å². The van der Waals surface area contributed by atoms with Gasteiger partial charge in [-0.05, 0) is 31.5 Å². The molecule has 6 heteroatoms. The van der Waals surface area contributed by atoms with Gasteiger partial charge in [-0.2, -0.15) is 0 Å². The number of nitrogens with one attached hydrogen (secondary N) is 1. The van der Waals surface area contributed by atoms with Crippen molar-refractivity contribution in [3.05, 3.63) is 34.9 Å². The van der Waals surface area contributed by atoms with Gasteiger partial charge >= 0.3 is 0 Å². The second-order valence-electron chi connectivity index (χ2n) is 5.41. The largest absolute Gasteiger partial charge is 0.309 e. The van der Waals surface area contributed by atoms with E-state index in [1.54, 1.807) is 0 Å². The molecule has 0 saturated heterocycles. The second-order valence-corrected chi connectivity index (χ2v) is 9.29. The van der Waals surface area contributed by atoms with E-state index in [0.717, 1.165) is 17.7 Å². The molecule has 2 atom stereocenters. The fourth-order valence-electron chi connectivity index (χ4n) is 2.15. The quantitative estimate of drug-likeness (QED) is 0.788. The smallest absolute Gasteiger partial charge is 0.148 e. The van der Waals surface area contributed by atoms with Crippen molar-refractivity contribution < 1.29 is 12.6 Å². The van der Waals surface area contributed by atoms with Crippen LogP contribution in [0.15, 0.2) is 18.2 Å². The van der Waals surface area contributed by atoms with Crippen molar-refractivity contribution in [3.8, 4) is 0 Å². The van der Waals surface area contributed by atoms with Crippen LogP contribution in [0.25, 0.3) is 0 Å². The molecule has 1 N–H and O–H groups in total. The Morgan fingerprint density at radius 2 is 1.95 bits per heavy atom. The van der Waals surface area contributed by atoms with Crippen molar-refractivity contribution in [2.75, 3.05) is 30.1 Å². The highest BCUT2D eigenvalue weighted by Crippen LogP contribution is 2.20. The lowest BCUT2D eigenvalue weighted by Crippen LogP contribution is -2.28. The first-order valence-corrected chi connectivity index (χ1v) is 10.6. The van der Waals surface area contributed by atoms with E-state index >= 15 is 0 Å². The van der Waals surface area contributed by atoms with Crippen LogP contribution in [0.4, 0.5) is 0 Å². The fourth-order valence-corrected chi connectivity index (χ4v) is 4.94. The molecule has 0 aliphatic rings. The van der Waals surface area contributed by atoms with Crippen LogP contribution in [0.5, 0.6) is 0 Å². The monoisotopic (exact) mass is 331 g/mol. The summed E-state index contributed by atoms with van der Waals surface area (Å²) in [4.78, 5) is 0. The second kappa shape index (κ2) is 8.06. The standard InChI is InChI=1S/C15H25NO3S2/c1-5-16-15(11-20(17)8-9-21(4,18)19)14-10-12(2)6-7-13(14)3/h6-7,10,15-16H,5,8-9,11H2,1-4H3. The lowest BCUT2D eigenvalue weighted by molar-refractivity contribution is 0.590. The van der Waals surface area contributed by atoms with E-state index in [2.05, 4.69) is 23.5 Å². The summed E-state index contributed by atoms with van der Waals surface area (Å²) in [6.07, 6.45) is 1.18. The minimum atomic E-state index is -3.06. The number of hydrogen-bond acceptors (Lipinski definition) is 4. The van der Waals surface area contributed by atoms with E-state index in [0.29, 0.717) is 5.75 Å². The molecule has 0 saturated carbocycles. The van der Waals surface area contributed by atoms with Gasteiger partial charge in [0.2, 0.25) is 0 Å². The summed E-state index contributed by atoms with van der Waals surface area (Å²) in [6.45, 7) is 6.87. The van der Waals surface area contributed by atoms with Crippen LogP contribution < -0.4 is 5.32 Å². The van der Waals surface area contributed by atoms with Crippen LogP contribution in [0.3, 0.4) is 0 Å². The van der Waals surface area contributed by atoms with E-state index < -0.39 is 20.6 Å². The summed E-state index contributed by atoms with van der Waals surface area (Å²) in [5.41, 5.74) is 3.47. The predicted molar refractivity (Wildman–Crippen MR) is 89.9 cm³/mol. The number of sulfone groups is 1. The van der Waals surface area contributed by atoms with Crippen LogP contribution in [-0.4, -0.2) is 42.7 Å². The van der Waals surface area contributed by atoms with Crippen molar-refractivity contribution >= 4 is 20.6 Å². The van der Waals surface area contributed by atoms with Gasteiger partial charge in [0, 0.05) is 34.6 Å². The summed E-state index contributed by atoms with van der Waals surface area (Å²) >= 11 is 0. The Morgan fingerprint density at radius 3 is 2.52 bits per heavy atom. The molecule has 1 aromatic rings. The lowest BCUT2D eigenvalue weighted by atomic mass is 10.00. The van der Waals surface area contributed by atoms with E-state index in [1.165, 1.54) is 11.8 Å². The highest BCUT2D eigenvalue weighted by molar-refractivity contribution is 7.92. The molecule has 21 heavy (non-hydrogen) atoms. The van der Waals surface area contributed by atoms with Gasteiger partial charge in [-0.3, -0.25) is 4.21 Å². The van der Waals surface area contributed by atoms with Gasteiger partial charge in [0.25, 0.3) is 0 Å². The van der Waals surface area contributed by atoms with Crippen LogP contribution in [-0.2, 0) is 20.6 Å². The van der Waals surface area contributed by atoms with Crippen LogP contribution in [0, 0.1) is 13.8 Å². The molecule has 0 radical (unpaired) electrons. The zero-order chi connectivity index (χ0) is 16.0. The molecule has 1 rings (SSSR count). The zero-order valence-corrected chi connectivity index (χ0v) is 14.8. The van der Waals surface area contributed by atoms with Gasteiger partial charge in [-0.15, -0.1) is 0 Å². The van der Waals surface area contributed by atoms with Crippen molar-refractivity contribution in [1.29, 1.82) is 0 Å². The van der Waals surface area contributed by atoms with E-state index in [4.69, 9.17) is 0 Å². The molecule has 0 fully saturated rings. The molecule has 0 aliphatic carbocycles. The van der Waals surface area contributed by atoms with Crippen LogP contribution in [0.1, 0.15) is 29.7 Å². The molecule has 4 nitrogen and oxygen atoms in total. The number of hydrogen-bond donors (Lipinski definition) is 1. The maximum atomic E-state index is 12.2. The van der Waals surface area contributed by atoms with Crippen molar-refractivity contribution in [2.45, 2.75) is 26.8 Å². The Labute approximate surface area is 130 Å². The predicted octanol–water partition coefficient (Wildman–Crippen LogP) is 1.75. The minimum absolute atomic E-state index is 0.00436. The Bertz CT molecular complexity index is 597. The average molecular weight is 332 g/mol. The Balaban J connectivity index is 2.82. The minimum Gasteiger partial charge on any atom is -0.309 e. The number of aryl methyl sites for hydroxylation is 2. The summed E-state index contributed by atoms with van der Waals surface area (Å²) in [5.74, 6) is 0.616. The summed E-state index contributed by atoms with van der Waals surface area (Å²) < 4.78 is 34.5. The van der Waals surface area contributed by atoms with Gasteiger partial charge in [0.05, 0.1) is 5.75 Å². The molecule has 0 bridgehead atoms.